The van der Waals surface area contributed by atoms with E-state index < -0.39 is 0 Å². The van der Waals surface area contributed by atoms with Crippen LogP contribution < -0.4 is 0 Å². The Morgan fingerprint density at radius 3 is 1.67 bits per heavy atom. The highest BCUT2D eigenvalue weighted by atomic mass is 32.2. The van der Waals surface area contributed by atoms with E-state index in [1.165, 1.54) is 20.2 Å². The number of hydrogen-bond donors (Lipinski definition) is 1. The van der Waals surface area contributed by atoms with Crippen LogP contribution in [0.15, 0.2) is 99.6 Å². The Bertz CT molecular complexity index is 763. The number of hydrogen-bond acceptors (Lipinski definition) is 2. The maximum absolute atomic E-state index is 9.29. The molecule has 3 aromatic rings. The van der Waals surface area contributed by atoms with Crippen molar-refractivity contribution >= 4 is 10.9 Å². The molecule has 3 aromatic carbocycles. The van der Waals surface area contributed by atoms with Gasteiger partial charge in [0, 0.05) is 19.1 Å². The molecule has 0 saturated carbocycles. The summed E-state index contributed by atoms with van der Waals surface area (Å²) in [6.45, 7) is 6.11. The van der Waals surface area contributed by atoms with E-state index in [9.17, 15) is 5.11 Å². The maximum Gasteiger partial charge on any atom is 0.166 e. The fourth-order valence-corrected chi connectivity index (χ4v) is 5.22. The van der Waals surface area contributed by atoms with Gasteiger partial charge in [-0.3, -0.25) is 4.90 Å². The largest absolute Gasteiger partial charge is 0.395 e. The van der Waals surface area contributed by atoms with Crippen LogP contribution in [0, 0.1) is 0 Å². The SMILES string of the molecule is CC(C)N(CCO)Cc1ccc([S+](c2ccccc2)c2ccccc2)cc1. The molecule has 3 rings (SSSR count). The van der Waals surface area contributed by atoms with Crippen molar-refractivity contribution in [2.45, 2.75) is 41.1 Å². The third-order valence-electron chi connectivity index (χ3n) is 4.62. The zero-order chi connectivity index (χ0) is 19.1. The number of aliphatic hydroxyl groups excluding tert-OH is 1. The van der Waals surface area contributed by atoms with Gasteiger partial charge in [0.15, 0.2) is 14.7 Å². The van der Waals surface area contributed by atoms with Crippen LogP contribution in [0.25, 0.3) is 0 Å². The van der Waals surface area contributed by atoms with E-state index in [1.807, 2.05) is 0 Å². The molecule has 0 bridgehead atoms. The molecule has 0 aliphatic rings. The van der Waals surface area contributed by atoms with E-state index in [0.29, 0.717) is 12.6 Å². The fraction of sp³-hybridized carbons (Fsp3) is 0.250. The van der Waals surface area contributed by atoms with Crippen molar-refractivity contribution in [1.82, 2.24) is 4.90 Å². The normalized spacial score (nSPS) is 11.5. The van der Waals surface area contributed by atoms with Gasteiger partial charge >= 0.3 is 0 Å². The molecule has 140 valence electrons. The standard InChI is InChI=1S/C24H28NOS/c1-20(2)25(17-18-26)19-21-13-15-24(16-14-21)27(22-9-5-3-6-10-22)23-11-7-4-8-12-23/h3-16,20,26H,17-19H2,1-2H3/q+1. The van der Waals surface area contributed by atoms with Gasteiger partial charge in [0.25, 0.3) is 0 Å². The first-order chi connectivity index (χ1) is 13.2. The molecule has 0 radical (unpaired) electrons. The lowest BCUT2D eigenvalue weighted by atomic mass is 10.2. The molecule has 1 N–H and O–H groups in total. The molecule has 0 amide bonds. The Labute approximate surface area is 165 Å². The zero-order valence-electron chi connectivity index (χ0n) is 16.1. The van der Waals surface area contributed by atoms with Crippen LogP contribution in [-0.4, -0.2) is 29.2 Å². The molecular formula is C24H28NOS+. The van der Waals surface area contributed by atoms with Crippen LogP contribution >= 0.6 is 0 Å². The monoisotopic (exact) mass is 378 g/mol. The van der Waals surface area contributed by atoms with Crippen molar-refractivity contribution in [2.24, 2.45) is 0 Å². The molecule has 2 nitrogen and oxygen atoms in total. The fourth-order valence-electron chi connectivity index (χ4n) is 3.14. The highest BCUT2D eigenvalue weighted by molar-refractivity contribution is 7.97. The predicted octanol–water partition coefficient (Wildman–Crippen LogP) is 4.98. The summed E-state index contributed by atoms with van der Waals surface area (Å²) in [6, 6.07) is 30.8. The molecule has 0 unspecified atom stereocenters. The highest BCUT2D eigenvalue weighted by Crippen LogP contribution is 2.31. The minimum Gasteiger partial charge on any atom is -0.395 e. The molecule has 0 saturated heterocycles. The van der Waals surface area contributed by atoms with Crippen molar-refractivity contribution in [1.29, 1.82) is 0 Å². The van der Waals surface area contributed by atoms with Gasteiger partial charge in [0.1, 0.15) is 0 Å². The van der Waals surface area contributed by atoms with Crippen LogP contribution in [0.5, 0.6) is 0 Å². The van der Waals surface area contributed by atoms with E-state index in [2.05, 4.69) is 104 Å². The third-order valence-corrected chi connectivity index (χ3v) is 6.85. The van der Waals surface area contributed by atoms with Gasteiger partial charge in [-0.2, -0.15) is 0 Å². The Morgan fingerprint density at radius 2 is 1.22 bits per heavy atom. The summed E-state index contributed by atoms with van der Waals surface area (Å²) < 4.78 is 0. The van der Waals surface area contributed by atoms with Gasteiger partial charge < -0.3 is 5.11 Å². The maximum atomic E-state index is 9.29. The molecule has 3 heteroatoms. The van der Waals surface area contributed by atoms with Gasteiger partial charge in [-0.1, -0.05) is 48.5 Å². The lowest BCUT2D eigenvalue weighted by molar-refractivity contribution is 0.159. The minimum absolute atomic E-state index is 0.101. The summed E-state index contributed by atoms with van der Waals surface area (Å²) >= 11 is 0. The number of nitrogens with zero attached hydrogens (tertiary/aromatic N) is 1. The van der Waals surface area contributed by atoms with Crippen molar-refractivity contribution < 1.29 is 5.11 Å². The lowest BCUT2D eigenvalue weighted by Crippen LogP contribution is -2.32. The van der Waals surface area contributed by atoms with E-state index in [-0.39, 0.29) is 17.5 Å². The second-order valence-corrected chi connectivity index (χ2v) is 8.89. The Balaban J connectivity index is 1.88. The molecule has 0 heterocycles. The average Bonchev–Trinajstić information content (AvgIpc) is 2.71. The van der Waals surface area contributed by atoms with E-state index in [1.54, 1.807) is 0 Å². The summed E-state index contributed by atoms with van der Waals surface area (Å²) in [5, 5.41) is 9.29. The van der Waals surface area contributed by atoms with Gasteiger partial charge in [-0.25, -0.2) is 0 Å². The molecule has 27 heavy (non-hydrogen) atoms. The van der Waals surface area contributed by atoms with Crippen LogP contribution in [0.3, 0.4) is 0 Å². The molecule has 0 fully saturated rings. The van der Waals surface area contributed by atoms with Gasteiger partial charge in [-0.05, 0) is 55.8 Å². The summed E-state index contributed by atoms with van der Waals surface area (Å²) in [7, 11) is -0.101. The van der Waals surface area contributed by atoms with Crippen LogP contribution in [0.2, 0.25) is 0 Å². The van der Waals surface area contributed by atoms with Crippen molar-refractivity contribution in [3.05, 3.63) is 90.5 Å². The molecule has 0 aliphatic carbocycles. The summed E-state index contributed by atoms with van der Waals surface area (Å²) in [5.41, 5.74) is 1.28. The highest BCUT2D eigenvalue weighted by Gasteiger charge is 2.28. The van der Waals surface area contributed by atoms with Crippen LogP contribution in [0.4, 0.5) is 0 Å². The Hall–Kier alpha value is -2.07. The van der Waals surface area contributed by atoms with Crippen LogP contribution in [-0.2, 0) is 17.4 Å². The molecule has 0 atom stereocenters. The minimum atomic E-state index is -0.101. The van der Waals surface area contributed by atoms with Crippen molar-refractivity contribution in [2.75, 3.05) is 13.2 Å². The van der Waals surface area contributed by atoms with Gasteiger partial charge in [0.05, 0.1) is 17.5 Å². The summed E-state index contributed by atoms with van der Waals surface area (Å²) in [5.74, 6) is 0. The van der Waals surface area contributed by atoms with Crippen molar-refractivity contribution in [3.63, 3.8) is 0 Å². The summed E-state index contributed by atoms with van der Waals surface area (Å²) in [6.07, 6.45) is 0. The average molecular weight is 379 g/mol. The van der Waals surface area contributed by atoms with E-state index >= 15 is 0 Å². The van der Waals surface area contributed by atoms with E-state index in [4.69, 9.17) is 0 Å². The molecular weight excluding hydrogens is 350 g/mol. The smallest absolute Gasteiger partial charge is 0.166 e. The number of benzene rings is 3. The van der Waals surface area contributed by atoms with E-state index in [0.717, 1.165) is 6.54 Å². The van der Waals surface area contributed by atoms with Gasteiger partial charge in [0.2, 0.25) is 0 Å². The van der Waals surface area contributed by atoms with Gasteiger partial charge in [-0.15, -0.1) is 0 Å². The molecule has 0 spiro atoms. The first-order valence-electron chi connectivity index (χ1n) is 9.47. The first-order valence-corrected chi connectivity index (χ1v) is 10.7. The predicted molar refractivity (Wildman–Crippen MR) is 114 cm³/mol. The van der Waals surface area contributed by atoms with Crippen molar-refractivity contribution in [3.8, 4) is 0 Å². The summed E-state index contributed by atoms with van der Waals surface area (Å²) in [4.78, 5) is 6.29. The Morgan fingerprint density at radius 1 is 0.741 bits per heavy atom. The molecule has 0 aromatic heterocycles. The zero-order valence-corrected chi connectivity index (χ0v) is 16.9. The Kier molecular flexibility index (Phi) is 7.11. The second kappa shape index (κ2) is 9.75. The quantitative estimate of drug-likeness (QED) is 0.559. The lowest BCUT2D eigenvalue weighted by Gasteiger charge is -2.25. The number of aliphatic hydroxyl groups is 1. The number of rotatable bonds is 8. The third kappa shape index (κ3) is 5.23. The topological polar surface area (TPSA) is 23.5 Å². The first kappa shape index (κ1) is 19.7. The van der Waals surface area contributed by atoms with Crippen LogP contribution in [0.1, 0.15) is 19.4 Å². The second-order valence-electron chi connectivity index (χ2n) is 6.86. The molecule has 0 aliphatic heterocycles.